The van der Waals surface area contributed by atoms with Crippen LogP contribution in [0.1, 0.15) is 25.5 Å². The Morgan fingerprint density at radius 3 is 2.75 bits per heavy atom. The molecule has 2 aromatic carbocycles. The highest BCUT2D eigenvalue weighted by atomic mass is 32.2. The topological polar surface area (TPSA) is 50.2 Å². The Labute approximate surface area is 214 Å². The maximum Gasteiger partial charge on any atom is 0.406 e. The first-order valence-corrected chi connectivity index (χ1v) is 13.1. The summed E-state index contributed by atoms with van der Waals surface area (Å²) in [6.07, 6.45) is -0.453. The average molecular weight is 517 g/mol. The van der Waals surface area contributed by atoms with E-state index in [9.17, 15) is 13.2 Å². The maximum atomic E-state index is 13.5. The van der Waals surface area contributed by atoms with Gasteiger partial charge in [-0.15, -0.1) is 11.8 Å². The molecular weight excluding hydrogens is 485 g/mol. The molecule has 2 atom stereocenters. The molecule has 1 aromatic heterocycles. The van der Waals surface area contributed by atoms with E-state index in [0.717, 1.165) is 41.0 Å². The number of benzene rings is 2. The number of nitrogens with zero attached hydrogens (tertiary/aromatic N) is 1. The third-order valence-electron chi connectivity index (χ3n) is 6.26. The number of hydrogen-bond donors (Lipinski definition) is 3. The summed E-state index contributed by atoms with van der Waals surface area (Å²) >= 11 is 1.61. The minimum Gasteiger partial charge on any atom is -0.495 e. The fraction of sp³-hybridized carbons (Fsp3) is 0.407. The van der Waals surface area contributed by atoms with Crippen LogP contribution in [0, 0.1) is 11.8 Å². The number of methoxy groups -OCH3 is 1. The van der Waals surface area contributed by atoms with Gasteiger partial charge in [-0.1, -0.05) is 12.0 Å². The van der Waals surface area contributed by atoms with Gasteiger partial charge < -0.3 is 25.3 Å². The van der Waals surface area contributed by atoms with Gasteiger partial charge in [0.05, 0.1) is 30.6 Å². The van der Waals surface area contributed by atoms with Crippen LogP contribution in [0.3, 0.4) is 0 Å². The van der Waals surface area contributed by atoms with E-state index in [0.29, 0.717) is 23.0 Å². The van der Waals surface area contributed by atoms with E-state index in [4.69, 9.17) is 4.74 Å². The first kappa shape index (κ1) is 26.1. The smallest absolute Gasteiger partial charge is 0.406 e. The predicted molar refractivity (Wildman–Crippen MR) is 142 cm³/mol. The summed E-state index contributed by atoms with van der Waals surface area (Å²) in [5, 5.41) is 10.9. The Kier molecular flexibility index (Phi) is 8.27. The second-order valence-electron chi connectivity index (χ2n) is 8.91. The molecule has 0 saturated carbocycles. The Bertz CT molecular complexity index is 1260. The van der Waals surface area contributed by atoms with Crippen molar-refractivity contribution in [2.24, 2.45) is 0 Å². The molecule has 0 radical (unpaired) electrons. The first-order valence-electron chi connectivity index (χ1n) is 11.9. The lowest BCUT2D eigenvalue weighted by molar-refractivity contribution is -0.140. The van der Waals surface area contributed by atoms with E-state index in [1.807, 2.05) is 30.5 Å². The third kappa shape index (κ3) is 6.42. The van der Waals surface area contributed by atoms with Gasteiger partial charge in [0.15, 0.2) is 0 Å². The van der Waals surface area contributed by atoms with Gasteiger partial charge in [0.25, 0.3) is 0 Å². The molecule has 9 heteroatoms. The first-order chi connectivity index (χ1) is 17.3. The minimum atomic E-state index is -4.36. The molecule has 0 bridgehead atoms. The molecule has 2 heterocycles. The lowest BCUT2D eigenvalue weighted by Gasteiger charge is -2.29. The molecule has 2 unspecified atom stereocenters. The van der Waals surface area contributed by atoms with Crippen LogP contribution in [0.15, 0.2) is 47.4 Å². The normalized spacial score (nSPS) is 17.9. The molecular formula is C27H31F3N4OS. The number of ether oxygens (including phenoxy) is 1. The zero-order chi connectivity index (χ0) is 25.7. The molecule has 0 spiro atoms. The number of piperidine rings is 1. The van der Waals surface area contributed by atoms with Crippen molar-refractivity contribution in [3.63, 3.8) is 0 Å². The summed E-state index contributed by atoms with van der Waals surface area (Å²) < 4.78 is 47.1. The van der Waals surface area contributed by atoms with Gasteiger partial charge in [0, 0.05) is 28.1 Å². The van der Waals surface area contributed by atoms with Crippen LogP contribution in [-0.2, 0) is 6.54 Å². The summed E-state index contributed by atoms with van der Waals surface area (Å²) in [7, 11) is 1.60. The van der Waals surface area contributed by atoms with E-state index in [1.54, 1.807) is 37.1 Å². The molecule has 1 fully saturated rings. The van der Waals surface area contributed by atoms with Crippen molar-refractivity contribution in [3.8, 4) is 17.6 Å². The average Bonchev–Trinajstić information content (AvgIpc) is 3.18. The molecule has 3 aromatic rings. The van der Waals surface area contributed by atoms with Gasteiger partial charge in [0.1, 0.15) is 12.3 Å². The van der Waals surface area contributed by atoms with Gasteiger partial charge >= 0.3 is 6.18 Å². The Balaban J connectivity index is 1.60. The SMILES string of the molecule is COc1cc(SC)ccc1NCC#Cc1cc2c(NC3CCNC(C)C3)cccc2n1CC(F)(F)F. The second kappa shape index (κ2) is 11.4. The molecule has 1 saturated heterocycles. The zero-order valence-corrected chi connectivity index (χ0v) is 21.4. The van der Waals surface area contributed by atoms with Gasteiger partial charge in [-0.3, -0.25) is 0 Å². The standard InChI is InChI=1S/C27H31F3N4OS/c1-18-14-19(11-13-31-18)33-23-7-4-8-25-22(23)15-20(34(25)17-27(28,29)30)6-5-12-32-24-10-9-21(36-3)16-26(24)35-2/h4,7-10,15-16,18-19,31-33H,11-14,17H2,1-3H3. The van der Waals surface area contributed by atoms with Crippen molar-refractivity contribution in [2.45, 2.75) is 49.5 Å². The monoisotopic (exact) mass is 516 g/mol. The number of hydrogen-bond acceptors (Lipinski definition) is 5. The van der Waals surface area contributed by atoms with E-state index >= 15 is 0 Å². The number of fused-ring (bicyclic) bond motifs is 1. The lowest BCUT2D eigenvalue weighted by Crippen LogP contribution is -2.41. The number of nitrogens with one attached hydrogen (secondary N) is 3. The van der Waals surface area contributed by atoms with E-state index in [1.165, 1.54) is 4.57 Å². The molecule has 0 amide bonds. The van der Waals surface area contributed by atoms with Crippen LogP contribution in [0.25, 0.3) is 10.9 Å². The quantitative estimate of drug-likeness (QED) is 0.268. The largest absolute Gasteiger partial charge is 0.495 e. The van der Waals surface area contributed by atoms with E-state index in [-0.39, 0.29) is 12.6 Å². The second-order valence-corrected chi connectivity index (χ2v) is 9.79. The number of thioether (sulfide) groups is 1. The molecule has 192 valence electrons. The molecule has 0 aliphatic carbocycles. The van der Waals surface area contributed by atoms with Crippen molar-refractivity contribution in [2.75, 3.05) is 37.1 Å². The number of halogens is 3. The van der Waals surface area contributed by atoms with Gasteiger partial charge in [-0.25, -0.2) is 0 Å². The highest BCUT2D eigenvalue weighted by Crippen LogP contribution is 2.32. The van der Waals surface area contributed by atoms with Crippen LogP contribution in [0.4, 0.5) is 24.5 Å². The van der Waals surface area contributed by atoms with Crippen molar-refractivity contribution in [3.05, 3.63) is 48.2 Å². The molecule has 1 aliphatic heterocycles. The van der Waals surface area contributed by atoms with Gasteiger partial charge in [-0.2, -0.15) is 13.2 Å². The number of rotatable bonds is 7. The van der Waals surface area contributed by atoms with Gasteiger partial charge in [0.2, 0.25) is 0 Å². The highest BCUT2D eigenvalue weighted by Gasteiger charge is 2.30. The number of alkyl halides is 3. The molecule has 1 aliphatic rings. The summed E-state index contributed by atoms with van der Waals surface area (Å²) in [5.41, 5.74) is 2.48. The van der Waals surface area contributed by atoms with E-state index in [2.05, 4.69) is 34.7 Å². The summed E-state index contributed by atoms with van der Waals surface area (Å²) in [6, 6.07) is 13.7. The summed E-state index contributed by atoms with van der Waals surface area (Å²) in [5.74, 6) is 6.64. The zero-order valence-electron chi connectivity index (χ0n) is 20.6. The van der Waals surface area contributed by atoms with Crippen LogP contribution in [0.5, 0.6) is 5.75 Å². The Hall–Kier alpha value is -2.96. The molecule has 4 rings (SSSR count). The molecule has 5 nitrogen and oxygen atoms in total. The van der Waals surface area contributed by atoms with Crippen molar-refractivity contribution in [1.82, 2.24) is 9.88 Å². The fourth-order valence-corrected chi connectivity index (χ4v) is 4.99. The van der Waals surface area contributed by atoms with Crippen LogP contribution < -0.4 is 20.7 Å². The summed E-state index contributed by atoms with van der Waals surface area (Å²) in [4.78, 5) is 1.07. The summed E-state index contributed by atoms with van der Waals surface area (Å²) in [6.45, 7) is 2.23. The number of anilines is 2. The lowest BCUT2D eigenvalue weighted by atomic mass is 10.00. The Morgan fingerprint density at radius 1 is 1.19 bits per heavy atom. The fourth-order valence-electron chi connectivity index (χ4n) is 4.57. The predicted octanol–water partition coefficient (Wildman–Crippen LogP) is 5.95. The van der Waals surface area contributed by atoms with Crippen molar-refractivity contribution >= 4 is 34.0 Å². The molecule has 36 heavy (non-hydrogen) atoms. The van der Waals surface area contributed by atoms with E-state index < -0.39 is 12.7 Å². The highest BCUT2D eigenvalue weighted by molar-refractivity contribution is 7.98. The minimum absolute atomic E-state index is 0.264. The third-order valence-corrected chi connectivity index (χ3v) is 6.98. The number of aromatic nitrogens is 1. The van der Waals surface area contributed by atoms with Crippen LogP contribution >= 0.6 is 11.8 Å². The van der Waals surface area contributed by atoms with Crippen LogP contribution in [-0.4, -0.2) is 49.3 Å². The van der Waals surface area contributed by atoms with Gasteiger partial charge in [-0.05, 0) is 74.9 Å². The Morgan fingerprint density at radius 2 is 2.03 bits per heavy atom. The van der Waals surface area contributed by atoms with Crippen molar-refractivity contribution < 1.29 is 17.9 Å². The van der Waals surface area contributed by atoms with Crippen LogP contribution in [0.2, 0.25) is 0 Å². The maximum absolute atomic E-state index is 13.5. The van der Waals surface area contributed by atoms with Crippen molar-refractivity contribution in [1.29, 1.82) is 0 Å². The molecule has 3 N–H and O–H groups in total.